The minimum atomic E-state index is -0.914. The molecule has 0 bridgehead atoms. The van der Waals surface area contributed by atoms with Gasteiger partial charge in [0.2, 0.25) is 11.8 Å². The fourth-order valence-electron chi connectivity index (χ4n) is 4.97. The van der Waals surface area contributed by atoms with Crippen molar-refractivity contribution in [2.75, 3.05) is 30.3 Å². The van der Waals surface area contributed by atoms with Gasteiger partial charge in [-0.1, -0.05) is 38.1 Å². The molecule has 1 unspecified atom stereocenters. The molecule has 214 valence electrons. The molecule has 0 aliphatic carbocycles. The Labute approximate surface area is 239 Å². The predicted octanol–water partition coefficient (Wildman–Crippen LogP) is 5.78. The number of aliphatic hydroxyl groups excluding tert-OH is 1. The van der Waals surface area contributed by atoms with Crippen LogP contribution in [0.3, 0.4) is 0 Å². The van der Waals surface area contributed by atoms with E-state index in [1.165, 1.54) is 4.90 Å². The van der Waals surface area contributed by atoms with Gasteiger partial charge in [0.25, 0.3) is 0 Å². The number of nitrogens with zero attached hydrogens (tertiary/aromatic N) is 4. The van der Waals surface area contributed by atoms with Gasteiger partial charge >= 0.3 is 6.09 Å². The maximum absolute atomic E-state index is 11.4. The van der Waals surface area contributed by atoms with E-state index in [-0.39, 0.29) is 12.0 Å². The lowest BCUT2D eigenvalue weighted by molar-refractivity contribution is 0.132. The molecule has 0 radical (unpaired) electrons. The Balaban J connectivity index is 1.42. The van der Waals surface area contributed by atoms with Crippen molar-refractivity contribution in [1.82, 2.24) is 19.9 Å². The predicted molar refractivity (Wildman–Crippen MR) is 160 cm³/mol. The van der Waals surface area contributed by atoms with E-state index in [9.17, 15) is 15.0 Å². The summed E-state index contributed by atoms with van der Waals surface area (Å²) in [5.41, 5.74) is 3.22. The third-order valence-electron chi connectivity index (χ3n) is 7.41. The number of benzene rings is 2. The van der Waals surface area contributed by atoms with Gasteiger partial charge in [-0.3, -0.25) is 0 Å². The van der Waals surface area contributed by atoms with E-state index in [1.807, 2.05) is 57.2 Å². The minimum absolute atomic E-state index is 0.0671. The molecule has 0 spiro atoms. The third-order valence-corrected chi connectivity index (χ3v) is 7.41. The van der Waals surface area contributed by atoms with E-state index < -0.39 is 12.2 Å². The van der Waals surface area contributed by atoms with Crippen LogP contribution >= 0.6 is 0 Å². The first kappa shape index (κ1) is 28.1. The largest absolute Gasteiger partial charge is 0.465 e. The second kappa shape index (κ2) is 12.4. The zero-order valence-corrected chi connectivity index (χ0v) is 23.5. The molecular formula is C31H36N6O4. The first-order chi connectivity index (χ1) is 19.8. The van der Waals surface area contributed by atoms with Crippen molar-refractivity contribution in [2.45, 2.75) is 45.8 Å². The lowest BCUT2D eigenvalue weighted by atomic mass is 10.0. The van der Waals surface area contributed by atoms with Crippen LogP contribution in [0.5, 0.6) is 11.6 Å². The average Bonchev–Trinajstić information content (AvgIpc) is 2.97. The molecule has 5 rings (SSSR count). The lowest BCUT2D eigenvalue weighted by Gasteiger charge is -2.31. The second-order valence-corrected chi connectivity index (χ2v) is 10.7. The molecule has 2 aromatic heterocycles. The van der Waals surface area contributed by atoms with Crippen molar-refractivity contribution in [3.8, 4) is 22.9 Å². The number of nitrogens with one attached hydrogen (secondary N) is 2. The van der Waals surface area contributed by atoms with Gasteiger partial charge in [-0.2, -0.15) is 0 Å². The van der Waals surface area contributed by atoms with E-state index in [0.717, 1.165) is 34.9 Å². The summed E-state index contributed by atoms with van der Waals surface area (Å²) in [5.74, 6) is 1.69. The van der Waals surface area contributed by atoms with Crippen molar-refractivity contribution < 1.29 is 19.7 Å². The van der Waals surface area contributed by atoms with Gasteiger partial charge in [-0.15, -0.1) is 0 Å². The smallest absolute Gasteiger partial charge is 0.407 e. The Morgan fingerprint density at radius 1 is 1.10 bits per heavy atom. The highest BCUT2D eigenvalue weighted by Gasteiger charge is 2.24. The van der Waals surface area contributed by atoms with E-state index in [1.54, 1.807) is 18.5 Å². The topological polar surface area (TPSA) is 133 Å². The standard InChI is InChI=1S/C31H36N6O4/c1-19(2)27(38)17-34-25-10-4-8-23-22(25)12-11-20(3)28(23)41-29-24(9-5-14-32-29)26-13-15-33-30(36-26)35-21-7-6-16-37(18-21)31(39)40/h4-5,8-15,19,21,27,34,38H,6-7,16-18H2,1-3H3,(H,39,40)(H,33,35,36)/t21?,27-/m0/s1. The molecule has 1 fully saturated rings. The van der Waals surface area contributed by atoms with Crippen molar-refractivity contribution >= 4 is 28.5 Å². The van der Waals surface area contributed by atoms with Gasteiger partial charge < -0.3 is 30.5 Å². The van der Waals surface area contributed by atoms with Gasteiger partial charge in [-0.25, -0.2) is 19.7 Å². The molecule has 1 amide bonds. The molecular weight excluding hydrogens is 520 g/mol. The van der Waals surface area contributed by atoms with Crippen molar-refractivity contribution in [3.63, 3.8) is 0 Å². The molecule has 2 atom stereocenters. The monoisotopic (exact) mass is 556 g/mol. The van der Waals surface area contributed by atoms with Crippen LogP contribution in [0.15, 0.2) is 60.9 Å². The number of carboxylic acid groups (broad SMARTS) is 1. The molecule has 1 aliphatic rings. The minimum Gasteiger partial charge on any atom is -0.465 e. The summed E-state index contributed by atoms with van der Waals surface area (Å²) in [4.78, 5) is 26.5. The van der Waals surface area contributed by atoms with Gasteiger partial charge in [0, 0.05) is 54.5 Å². The normalized spacial score (nSPS) is 16.0. The zero-order valence-electron chi connectivity index (χ0n) is 23.5. The number of aromatic nitrogens is 3. The molecule has 4 N–H and O–H groups in total. The number of likely N-dealkylation sites (tertiary alicyclic amines) is 1. The molecule has 0 saturated carbocycles. The van der Waals surface area contributed by atoms with Crippen LogP contribution in [-0.4, -0.2) is 67.9 Å². The quantitative estimate of drug-likeness (QED) is 0.203. The number of ether oxygens (including phenoxy) is 1. The fraction of sp³-hybridized carbons (Fsp3) is 0.355. The Morgan fingerprint density at radius 2 is 1.95 bits per heavy atom. The summed E-state index contributed by atoms with van der Waals surface area (Å²) in [6.45, 7) is 7.36. The van der Waals surface area contributed by atoms with E-state index in [4.69, 9.17) is 9.72 Å². The molecule has 41 heavy (non-hydrogen) atoms. The van der Waals surface area contributed by atoms with Crippen LogP contribution in [0, 0.1) is 12.8 Å². The second-order valence-electron chi connectivity index (χ2n) is 10.7. The summed E-state index contributed by atoms with van der Waals surface area (Å²) >= 11 is 0. The highest BCUT2D eigenvalue weighted by molar-refractivity contribution is 5.98. The maximum atomic E-state index is 11.4. The summed E-state index contributed by atoms with van der Waals surface area (Å²) in [7, 11) is 0. The molecule has 10 nitrogen and oxygen atoms in total. The van der Waals surface area contributed by atoms with Crippen LogP contribution in [-0.2, 0) is 0 Å². The van der Waals surface area contributed by atoms with E-state index in [2.05, 4.69) is 26.7 Å². The van der Waals surface area contributed by atoms with Gasteiger partial charge in [0.1, 0.15) is 5.75 Å². The van der Waals surface area contributed by atoms with Crippen LogP contribution in [0.4, 0.5) is 16.4 Å². The number of fused-ring (bicyclic) bond motifs is 1. The van der Waals surface area contributed by atoms with Crippen molar-refractivity contribution in [3.05, 3.63) is 66.5 Å². The molecule has 1 saturated heterocycles. The zero-order chi connectivity index (χ0) is 28.9. The Hall–Kier alpha value is -4.44. The lowest BCUT2D eigenvalue weighted by Crippen LogP contribution is -2.44. The third kappa shape index (κ3) is 6.49. The van der Waals surface area contributed by atoms with Crippen LogP contribution < -0.4 is 15.4 Å². The molecule has 10 heteroatoms. The number of aryl methyl sites for hydroxylation is 1. The first-order valence-electron chi connectivity index (χ1n) is 13.9. The molecule has 3 heterocycles. The molecule has 1 aliphatic heterocycles. The van der Waals surface area contributed by atoms with Crippen LogP contribution in [0.1, 0.15) is 32.3 Å². The number of anilines is 2. The number of rotatable bonds is 9. The highest BCUT2D eigenvalue weighted by Crippen LogP contribution is 2.38. The molecule has 4 aromatic rings. The summed E-state index contributed by atoms with van der Waals surface area (Å²) in [6, 6.07) is 15.5. The van der Waals surface area contributed by atoms with E-state index >= 15 is 0 Å². The van der Waals surface area contributed by atoms with Gasteiger partial charge in [0.05, 0.1) is 17.4 Å². The Bertz CT molecular complexity index is 1530. The first-order valence-corrected chi connectivity index (χ1v) is 13.9. The summed E-state index contributed by atoms with van der Waals surface area (Å²) < 4.78 is 6.52. The van der Waals surface area contributed by atoms with Crippen LogP contribution in [0.2, 0.25) is 0 Å². The summed E-state index contributed by atoms with van der Waals surface area (Å²) in [6.07, 6.45) is 3.61. The van der Waals surface area contributed by atoms with Crippen molar-refractivity contribution in [1.29, 1.82) is 0 Å². The maximum Gasteiger partial charge on any atom is 0.407 e. The average molecular weight is 557 g/mol. The van der Waals surface area contributed by atoms with Gasteiger partial charge in [0.15, 0.2) is 0 Å². The van der Waals surface area contributed by atoms with Crippen molar-refractivity contribution in [2.24, 2.45) is 5.92 Å². The number of pyridine rings is 1. The number of hydrogen-bond acceptors (Lipinski definition) is 8. The summed E-state index contributed by atoms with van der Waals surface area (Å²) in [5, 5.41) is 28.3. The van der Waals surface area contributed by atoms with Crippen LogP contribution in [0.25, 0.3) is 22.0 Å². The SMILES string of the molecule is Cc1ccc2c(NC[C@H](O)C(C)C)cccc2c1Oc1ncccc1-c1ccnc(NC2CCCN(C(=O)O)C2)n1. The Kier molecular flexibility index (Phi) is 8.49. The van der Waals surface area contributed by atoms with Gasteiger partial charge in [-0.05, 0) is 55.5 Å². The number of hydrogen-bond donors (Lipinski definition) is 4. The molecule has 2 aromatic carbocycles. The fourth-order valence-corrected chi connectivity index (χ4v) is 4.97. The highest BCUT2D eigenvalue weighted by atomic mass is 16.5. The number of piperidine rings is 1. The number of amides is 1. The number of carbonyl (C=O) groups is 1. The Morgan fingerprint density at radius 3 is 2.76 bits per heavy atom. The van der Waals surface area contributed by atoms with E-state index in [0.29, 0.717) is 48.5 Å². The number of aliphatic hydroxyl groups is 1.